The summed E-state index contributed by atoms with van der Waals surface area (Å²) < 4.78 is 0. The number of para-hydroxylation sites is 1. The van der Waals surface area contributed by atoms with Gasteiger partial charge in [-0.25, -0.2) is 0 Å². The molecule has 1 N–H and O–H groups in total. The van der Waals surface area contributed by atoms with E-state index in [0.717, 1.165) is 24.2 Å². The molecule has 6 heteroatoms. The third-order valence-electron chi connectivity index (χ3n) is 5.59. The van der Waals surface area contributed by atoms with Gasteiger partial charge >= 0.3 is 0 Å². The van der Waals surface area contributed by atoms with Crippen molar-refractivity contribution in [1.29, 1.82) is 0 Å². The van der Waals surface area contributed by atoms with Crippen LogP contribution in [0.25, 0.3) is 0 Å². The van der Waals surface area contributed by atoms with E-state index in [0.29, 0.717) is 38.3 Å². The zero-order valence-corrected chi connectivity index (χ0v) is 16.1. The Kier molecular flexibility index (Phi) is 5.05. The summed E-state index contributed by atoms with van der Waals surface area (Å²) in [5, 5.41) is 10.0. The fourth-order valence-corrected chi connectivity index (χ4v) is 3.97. The van der Waals surface area contributed by atoms with E-state index >= 15 is 0 Å². The number of hydrogen-bond donors (Lipinski definition) is 1. The molecule has 1 fully saturated rings. The summed E-state index contributed by atoms with van der Waals surface area (Å²) in [4.78, 5) is 31.2. The van der Waals surface area contributed by atoms with Crippen LogP contribution in [0.1, 0.15) is 21.5 Å². The third-order valence-corrected chi connectivity index (χ3v) is 5.59. The van der Waals surface area contributed by atoms with E-state index < -0.39 is 0 Å². The number of carbonyl (C=O) groups is 2. The van der Waals surface area contributed by atoms with Crippen LogP contribution in [0.3, 0.4) is 0 Å². The number of rotatable bonds is 3. The summed E-state index contributed by atoms with van der Waals surface area (Å²) >= 11 is 0. The van der Waals surface area contributed by atoms with Gasteiger partial charge in [-0.3, -0.25) is 14.5 Å². The van der Waals surface area contributed by atoms with Crippen molar-refractivity contribution in [3.05, 3.63) is 59.2 Å². The SMILES string of the molecule is Cc1ccc(O)c(C(=O)N2CCN(CC(=O)N3CCc4ccccc43)CC2)c1. The van der Waals surface area contributed by atoms with E-state index in [4.69, 9.17) is 0 Å². The van der Waals surface area contributed by atoms with E-state index in [2.05, 4.69) is 11.0 Å². The van der Waals surface area contributed by atoms with Crippen LogP contribution in [0.15, 0.2) is 42.5 Å². The van der Waals surface area contributed by atoms with E-state index in [1.165, 1.54) is 5.56 Å². The number of anilines is 1. The van der Waals surface area contributed by atoms with Crippen LogP contribution in [-0.4, -0.2) is 66.0 Å². The van der Waals surface area contributed by atoms with Gasteiger partial charge in [-0.1, -0.05) is 29.8 Å². The first kappa shape index (κ1) is 18.5. The minimum absolute atomic E-state index is 0.0147. The van der Waals surface area contributed by atoms with E-state index in [1.807, 2.05) is 30.0 Å². The predicted octanol–water partition coefficient (Wildman–Crippen LogP) is 2.05. The van der Waals surface area contributed by atoms with Gasteiger partial charge < -0.3 is 14.9 Å². The van der Waals surface area contributed by atoms with Crippen molar-refractivity contribution in [2.75, 3.05) is 44.2 Å². The molecule has 2 aliphatic heterocycles. The molecule has 2 heterocycles. The first-order valence-corrected chi connectivity index (χ1v) is 9.72. The minimum Gasteiger partial charge on any atom is -0.507 e. The predicted molar refractivity (Wildman–Crippen MR) is 108 cm³/mol. The highest BCUT2D eigenvalue weighted by Crippen LogP contribution is 2.27. The summed E-state index contributed by atoms with van der Waals surface area (Å²) in [6.45, 7) is 5.41. The fourth-order valence-electron chi connectivity index (χ4n) is 3.97. The minimum atomic E-state index is -0.152. The Hall–Kier alpha value is -2.86. The van der Waals surface area contributed by atoms with E-state index in [9.17, 15) is 14.7 Å². The second-order valence-corrected chi connectivity index (χ2v) is 7.51. The number of benzene rings is 2. The van der Waals surface area contributed by atoms with Crippen LogP contribution in [0.5, 0.6) is 5.75 Å². The van der Waals surface area contributed by atoms with Crippen molar-refractivity contribution in [1.82, 2.24) is 9.80 Å². The van der Waals surface area contributed by atoms with Gasteiger partial charge in [0.15, 0.2) is 0 Å². The summed E-state index contributed by atoms with van der Waals surface area (Å²) in [6.07, 6.45) is 0.907. The molecule has 0 aromatic heterocycles. The molecular formula is C22H25N3O3. The summed E-state index contributed by atoms with van der Waals surface area (Å²) in [5.74, 6) is -0.0254. The molecule has 0 saturated carbocycles. The Bertz CT molecular complexity index is 904. The number of fused-ring (bicyclic) bond motifs is 1. The highest BCUT2D eigenvalue weighted by atomic mass is 16.3. The lowest BCUT2D eigenvalue weighted by molar-refractivity contribution is -0.120. The van der Waals surface area contributed by atoms with Gasteiger partial charge in [0, 0.05) is 38.4 Å². The maximum Gasteiger partial charge on any atom is 0.257 e. The molecule has 2 aliphatic rings. The van der Waals surface area contributed by atoms with Crippen LogP contribution >= 0.6 is 0 Å². The molecule has 0 atom stereocenters. The monoisotopic (exact) mass is 379 g/mol. The third kappa shape index (κ3) is 3.60. The fraction of sp³-hybridized carbons (Fsp3) is 0.364. The topological polar surface area (TPSA) is 64.1 Å². The van der Waals surface area contributed by atoms with Crippen LogP contribution in [0.4, 0.5) is 5.69 Å². The highest BCUT2D eigenvalue weighted by molar-refractivity contribution is 5.98. The standard InChI is InChI=1S/C22H25N3O3/c1-16-6-7-20(26)18(14-16)22(28)24-12-10-23(11-13-24)15-21(27)25-9-8-17-4-2-3-5-19(17)25/h2-7,14,26H,8-13,15H2,1H3. The molecule has 1 saturated heterocycles. The van der Waals surface area contributed by atoms with Gasteiger partial charge in [0.2, 0.25) is 5.91 Å². The molecule has 0 bridgehead atoms. The van der Waals surface area contributed by atoms with Crippen molar-refractivity contribution >= 4 is 17.5 Å². The zero-order chi connectivity index (χ0) is 19.7. The molecule has 6 nitrogen and oxygen atoms in total. The molecule has 4 rings (SSSR count). The molecule has 2 aromatic carbocycles. The van der Waals surface area contributed by atoms with Crippen LogP contribution < -0.4 is 4.90 Å². The number of nitrogens with zero attached hydrogens (tertiary/aromatic N) is 3. The van der Waals surface area contributed by atoms with Crippen LogP contribution in [-0.2, 0) is 11.2 Å². The van der Waals surface area contributed by atoms with Gasteiger partial charge in [-0.15, -0.1) is 0 Å². The van der Waals surface area contributed by atoms with Gasteiger partial charge in [0.05, 0.1) is 12.1 Å². The van der Waals surface area contributed by atoms with Crippen molar-refractivity contribution in [3.63, 3.8) is 0 Å². The van der Waals surface area contributed by atoms with Crippen molar-refractivity contribution in [3.8, 4) is 5.75 Å². The normalized spacial score (nSPS) is 16.9. The quantitative estimate of drug-likeness (QED) is 0.887. The number of aryl methyl sites for hydroxylation is 1. The van der Waals surface area contributed by atoms with Crippen LogP contribution in [0.2, 0.25) is 0 Å². The molecule has 2 amide bonds. The Balaban J connectivity index is 1.34. The lowest BCUT2D eigenvalue weighted by atomic mass is 10.1. The maximum absolute atomic E-state index is 12.8. The Morgan fingerprint density at radius 3 is 2.54 bits per heavy atom. The molecule has 0 aliphatic carbocycles. The molecule has 2 aromatic rings. The first-order chi connectivity index (χ1) is 13.5. The Morgan fingerprint density at radius 1 is 1.00 bits per heavy atom. The maximum atomic E-state index is 12.8. The number of phenolic OH excluding ortho intramolecular Hbond substituents is 1. The second kappa shape index (κ2) is 7.64. The lowest BCUT2D eigenvalue weighted by Crippen LogP contribution is -2.51. The van der Waals surface area contributed by atoms with Crippen molar-refractivity contribution in [2.45, 2.75) is 13.3 Å². The van der Waals surface area contributed by atoms with Crippen molar-refractivity contribution in [2.24, 2.45) is 0 Å². The Morgan fingerprint density at radius 2 is 1.75 bits per heavy atom. The van der Waals surface area contributed by atoms with E-state index in [-0.39, 0.29) is 17.6 Å². The number of hydrogen-bond acceptors (Lipinski definition) is 4. The lowest BCUT2D eigenvalue weighted by Gasteiger charge is -2.35. The highest BCUT2D eigenvalue weighted by Gasteiger charge is 2.28. The molecule has 0 spiro atoms. The van der Waals surface area contributed by atoms with E-state index in [1.54, 1.807) is 23.1 Å². The van der Waals surface area contributed by atoms with Crippen LogP contribution in [0, 0.1) is 6.92 Å². The second-order valence-electron chi connectivity index (χ2n) is 7.51. The average molecular weight is 379 g/mol. The molecular weight excluding hydrogens is 354 g/mol. The largest absolute Gasteiger partial charge is 0.507 e. The smallest absolute Gasteiger partial charge is 0.257 e. The number of amides is 2. The molecule has 0 radical (unpaired) electrons. The van der Waals surface area contributed by atoms with Gasteiger partial charge in [-0.2, -0.15) is 0 Å². The Labute approximate surface area is 165 Å². The zero-order valence-electron chi connectivity index (χ0n) is 16.1. The number of aromatic hydroxyl groups is 1. The summed E-state index contributed by atoms with van der Waals surface area (Å²) in [5.41, 5.74) is 3.54. The number of piperazine rings is 1. The van der Waals surface area contributed by atoms with Crippen molar-refractivity contribution < 1.29 is 14.7 Å². The van der Waals surface area contributed by atoms with Gasteiger partial charge in [-0.05, 0) is 37.1 Å². The molecule has 146 valence electrons. The first-order valence-electron chi connectivity index (χ1n) is 9.72. The molecule has 28 heavy (non-hydrogen) atoms. The summed E-state index contributed by atoms with van der Waals surface area (Å²) in [7, 11) is 0. The number of phenols is 1. The van der Waals surface area contributed by atoms with Gasteiger partial charge in [0.25, 0.3) is 5.91 Å². The molecule has 0 unspecified atom stereocenters. The summed E-state index contributed by atoms with van der Waals surface area (Å²) in [6, 6.07) is 13.1. The average Bonchev–Trinajstić information content (AvgIpc) is 3.14. The number of carbonyl (C=O) groups excluding carboxylic acids is 2. The van der Waals surface area contributed by atoms with Gasteiger partial charge in [0.1, 0.15) is 5.75 Å².